The molecule has 0 radical (unpaired) electrons. The lowest BCUT2D eigenvalue weighted by atomic mass is 10.1. The number of phenols is 2. The molecule has 0 aliphatic carbocycles. The molecule has 0 saturated carbocycles. The largest absolute Gasteiger partial charge is 0.504 e. The number of hydrogen-bond donors (Lipinski definition) is 2. The first kappa shape index (κ1) is 14.6. The molecule has 0 spiro atoms. The predicted molar refractivity (Wildman–Crippen MR) is 71.3 cm³/mol. The van der Waals surface area contributed by atoms with E-state index in [0.29, 0.717) is 18.7 Å². The summed E-state index contributed by atoms with van der Waals surface area (Å²) in [7, 11) is 0. The van der Waals surface area contributed by atoms with E-state index in [0.717, 1.165) is 0 Å². The number of nitriles is 1. The smallest absolute Gasteiger partial charge is 0.264 e. The number of aromatic hydroxyl groups is 2. The standard InChI is InChI=1S/C14H16N2O3/c1-3-16(4-2)14(19)11(9-15)7-10-5-6-12(17)13(18)8-10/h5-8,17-18H,3-4H2,1-2H3/b11-7+. The van der Waals surface area contributed by atoms with Gasteiger partial charge in [-0.1, -0.05) is 6.07 Å². The Labute approximate surface area is 112 Å². The van der Waals surface area contributed by atoms with Crippen molar-refractivity contribution in [3.8, 4) is 17.6 Å². The summed E-state index contributed by atoms with van der Waals surface area (Å²) in [6, 6.07) is 5.97. The van der Waals surface area contributed by atoms with Crippen LogP contribution in [-0.4, -0.2) is 34.1 Å². The van der Waals surface area contributed by atoms with Gasteiger partial charge in [0.25, 0.3) is 5.91 Å². The van der Waals surface area contributed by atoms with Crippen LogP contribution in [0.25, 0.3) is 6.08 Å². The number of amides is 1. The lowest BCUT2D eigenvalue weighted by molar-refractivity contribution is -0.126. The van der Waals surface area contributed by atoms with Gasteiger partial charge in [0.05, 0.1) is 0 Å². The summed E-state index contributed by atoms with van der Waals surface area (Å²) in [5, 5.41) is 27.6. The molecule has 0 heterocycles. The van der Waals surface area contributed by atoms with Crippen LogP contribution in [0.15, 0.2) is 23.8 Å². The van der Waals surface area contributed by atoms with Crippen molar-refractivity contribution in [2.24, 2.45) is 0 Å². The van der Waals surface area contributed by atoms with Crippen molar-refractivity contribution < 1.29 is 15.0 Å². The van der Waals surface area contributed by atoms with Crippen molar-refractivity contribution in [3.05, 3.63) is 29.3 Å². The highest BCUT2D eigenvalue weighted by Gasteiger charge is 2.15. The number of benzene rings is 1. The van der Waals surface area contributed by atoms with Crippen LogP contribution in [0.3, 0.4) is 0 Å². The van der Waals surface area contributed by atoms with Crippen molar-refractivity contribution in [2.75, 3.05) is 13.1 Å². The maximum absolute atomic E-state index is 12.0. The van der Waals surface area contributed by atoms with E-state index in [4.69, 9.17) is 5.26 Å². The fourth-order valence-corrected chi connectivity index (χ4v) is 1.62. The van der Waals surface area contributed by atoms with Crippen LogP contribution in [0.5, 0.6) is 11.5 Å². The van der Waals surface area contributed by atoms with Crippen molar-refractivity contribution in [1.29, 1.82) is 5.26 Å². The molecule has 5 nitrogen and oxygen atoms in total. The number of phenolic OH excluding ortho intramolecular Hbond substituents is 2. The first-order valence-corrected chi connectivity index (χ1v) is 5.96. The SMILES string of the molecule is CCN(CC)C(=O)/C(C#N)=C/c1ccc(O)c(O)c1. The molecule has 0 fully saturated rings. The number of rotatable bonds is 4. The minimum absolute atomic E-state index is 0.00575. The molecule has 0 atom stereocenters. The van der Waals surface area contributed by atoms with Gasteiger partial charge in [0.1, 0.15) is 11.6 Å². The van der Waals surface area contributed by atoms with Crippen LogP contribution in [0.2, 0.25) is 0 Å². The first-order chi connectivity index (χ1) is 9.03. The van der Waals surface area contributed by atoms with Crippen LogP contribution in [-0.2, 0) is 4.79 Å². The van der Waals surface area contributed by atoms with Gasteiger partial charge in [-0.15, -0.1) is 0 Å². The molecule has 0 saturated heterocycles. The second-order valence-corrected chi connectivity index (χ2v) is 3.90. The van der Waals surface area contributed by atoms with E-state index in [2.05, 4.69) is 0 Å². The van der Waals surface area contributed by atoms with Crippen molar-refractivity contribution >= 4 is 12.0 Å². The topological polar surface area (TPSA) is 84.6 Å². The number of hydrogen-bond acceptors (Lipinski definition) is 4. The monoisotopic (exact) mass is 260 g/mol. The molecule has 100 valence electrons. The zero-order valence-corrected chi connectivity index (χ0v) is 10.9. The summed E-state index contributed by atoms with van der Waals surface area (Å²) < 4.78 is 0. The quantitative estimate of drug-likeness (QED) is 0.491. The van der Waals surface area contributed by atoms with E-state index < -0.39 is 0 Å². The average Bonchev–Trinajstić information content (AvgIpc) is 2.41. The summed E-state index contributed by atoms with van der Waals surface area (Å²) in [4.78, 5) is 13.6. The first-order valence-electron chi connectivity index (χ1n) is 5.96. The molecule has 0 unspecified atom stereocenters. The molecule has 1 rings (SSSR count). The zero-order valence-electron chi connectivity index (χ0n) is 10.9. The number of carbonyl (C=O) groups is 1. The fraction of sp³-hybridized carbons (Fsp3) is 0.286. The highest BCUT2D eigenvalue weighted by atomic mass is 16.3. The average molecular weight is 260 g/mol. The Balaban J connectivity index is 3.09. The van der Waals surface area contributed by atoms with Crippen LogP contribution < -0.4 is 0 Å². The predicted octanol–water partition coefficient (Wildman–Crippen LogP) is 1.87. The maximum atomic E-state index is 12.0. The summed E-state index contributed by atoms with van der Waals surface area (Å²) in [5.74, 6) is -0.882. The van der Waals surface area contributed by atoms with Gasteiger partial charge in [0, 0.05) is 13.1 Å². The molecule has 2 N–H and O–H groups in total. The van der Waals surface area contributed by atoms with E-state index in [9.17, 15) is 15.0 Å². The van der Waals surface area contributed by atoms with Gasteiger partial charge in [-0.3, -0.25) is 4.79 Å². The fourth-order valence-electron chi connectivity index (χ4n) is 1.62. The molecule has 0 bridgehead atoms. The molecule has 1 aromatic rings. The molecular formula is C14H16N2O3. The molecule has 0 aliphatic rings. The van der Waals surface area contributed by atoms with E-state index in [1.54, 1.807) is 0 Å². The second kappa shape index (κ2) is 6.45. The van der Waals surface area contributed by atoms with Crippen LogP contribution >= 0.6 is 0 Å². The van der Waals surface area contributed by atoms with Crippen LogP contribution in [0.1, 0.15) is 19.4 Å². The van der Waals surface area contributed by atoms with Gasteiger partial charge in [-0.05, 0) is 37.6 Å². The summed E-state index contributed by atoms with van der Waals surface area (Å²) in [5.41, 5.74) is 0.473. The van der Waals surface area contributed by atoms with Crippen LogP contribution in [0, 0.1) is 11.3 Å². The molecule has 19 heavy (non-hydrogen) atoms. The zero-order chi connectivity index (χ0) is 14.4. The minimum atomic E-state index is -0.347. The number of likely N-dealkylation sites (N-methyl/N-ethyl adjacent to an activating group) is 1. The number of nitrogens with zero attached hydrogens (tertiary/aromatic N) is 2. The lowest BCUT2D eigenvalue weighted by Gasteiger charge is -2.17. The molecular weight excluding hydrogens is 244 g/mol. The molecule has 1 amide bonds. The summed E-state index contributed by atoms with van der Waals surface area (Å²) >= 11 is 0. The molecule has 1 aromatic carbocycles. The van der Waals surface area contributed by atoms with Crippen molar-refractivity contribution in [2.45, 2.75) is 13.8 Å². The Kier molecular flexibility index (Phi) is 4.95. The van der Waals surface area contributed by atoms with Gasteiger partial charge in [0.2, 0.25) is 0 Å². The van der Waals surface area contributed by atoms with Crippen molar-refractivity contribution in [3.63, 3.8) is 0 Å². The van der Waals surface area contributed by atoms with E-state index in [1.165, 1.54) is 29.2 Å². The Hall–Kier alpha value is -2.48. The maximum Gasteiger partial charge on any atom is 0.264 e. The Morgan fingerprint density at radius 2 is 1.95 bits per heavy atom. The third-order valence-electron chi connectivity index (χ3n) is 2.71. The highest BCUT2D eigenvalue weighted by Crippen LogP contribution is 2.26. The van der Waals surface area contributed by atoms with Crippen LogP contribution in [0.4, 0.5) is 0 Å². The highest BCUT2D eigenvalue weighted by molar-refractivity contribution is 6.01. The molecule has 0 aliphatic heterocycles. The lowest BCUT2D eigenvalue weighted by Crippen LogP contribution is -2.31. The van der Waals surface area contributed by atoms with Gasteiger partial charge >= 0.3 is 0 Å². The third kappa shape index (κ3) is 3.49. The van der Waals surface area contributed by atoms with Gasteiger partial charge in [-0.2, -0.15) is 5.26 Å². The Morgan fingerprint density at radius 3 is 2.42 bits per heavy atom. The Bertz CT molecular complexity index is 540. The normalized spacial score (nSPS) is 10.9. The van der Waals surface area contributed by atoms with E-state index in [1.807, 2.05) is 19.9 Å². The number of carbonyl (C=O) groups excluding carboxylic acids is 1. The van der Waals surface area contributed by atoms with E-state index >= 15 is 0 Å². The molecule has 5 heteroatoms. The summed E-state index contributed by atoms with van der Waals surface area (Å²) in [6.45, 7) is 4.72. The molecule has 0 aromatic heterocycles. The second-order valence-electron chi connectivity index (χ2n) is 3.90. The summed E-state index contributed by atoms with van der Waals surface area (Å²) in [6.07, 6.45) is 1.39. The van der Waals surface area contributed by atoms with Crippen molar-refractivity contribution in [1.82, 2.24) is 4.90 Å². The Morgan fingerprint density at radius 1 is 1.32 bits per heavy atom. The van der Waals surface area contributed by atoms with Gasteiger partial charge in [0.15, 0.2) is 11.5 Å². The van der Waals surface area contributed by atoms with Gasteiger partial charge < -0.3 is 15.1 Å². The minimum Gasteiger partial charge on any atom is -0.504 e. The van der Waals surface area contributed by atoms with Gasteiger partial charge in [-0.25, -0.2) is 0 Å². The van der Waals surface area contributed by atoms with E-state index in [-0.39, 0.29) is 23.0 Å². The third-order valence-corrected chi connectivity index (χ3v) is 2.71.